The Morgan fingerprint density at radius 1 is 1.19 bits per heavy atom. The summed E-state index contributed by atoms with van der Waals surface area (Å²) in [7, 11) is 0. The molecule has 0 bridgehead atoms. The minimum Gasteiger partial charge on any atom is -0.458 e. The van der Waals surface area contributed by atoms with Crippen LogP contribution in [-0.4, -0.2) is 41.7 Å². The van der Waals surface area contributed by atoms with Gasteiger partial charge in [-0.2, -0.15) is 0 Å². The number of halogens is 2. The zero-order chi connectivity index (χ0) is 17.9. The number of hydrogen-bond acceptors (Lipinski definition) is 4. The van der Waals surface area contributed by atoms with Crippen LogP contribution in [0.25, 0.3) is 0 Å². The van der Waals surface area contributed by atoms with Crippen molar-refractivity contribution in [2.75, 3.05) is 19.6 Å². The van der Waals surface area contributed by atoms with Gasteiger partial charge in [0.15, 0.2) is 0 Å². The van der Waals surface area contributed by atoms with Crippen LogP contribution >= 0.6 is 24.0 Å². The molecule has 1 saturated heterocycles. The Kier molecular flexibility index (Phi) is 7.07. The molecule has 4 nitrogen and oxygen atoms in total. The molecule has 1 fully saturated rings. The number of ether oxygens (including phenoxy) is 1. The molecule has 6 heteroatoms. The Labute approximate surface area is 165 Å². The van der Waals surface area contributed by atoms with Gasteiger partial charge in [0.05, 0.1) is 0 Å². The van der Waals surface area contributed by atoms with E-state index in [0.29, 0.717) is 22.7 Å². The van der Waals surface area contributed by atoms with Crippen LogP contribution in [0.15, 0.2) is 54.6 Å². The molecule has 1 N–H and O–H groups in total. The Balaban J connectivity index is 0.00000243. The van der Waals surface area contributed by atoms with Crippen molar-refractivity contribution in [3.8, 4) is 0 Å². The molecule has 0 radical (unpaired) electrons. The Hall–Kier alpha value is -1.59. The Bertz CT molecular complexity index is 724. The van der Waals surface area contributed by atoms with Crippen molar-refractivity contribution in [2.24, 2.45) is 0 Å². The lowest BCUT2D eigenvalue weighted by Gasteiger charge is -2.28. The molecule has 0 spiro atoms. The van der Waals surface area contributed by atoms with Gasteiger partial charge in [-0.25, -0.2) is 4.79 Å². The molecule has 3 rings (SSSR count). The number of carbonyl (C=O) groups excluding carboxylic acids is 1. The van der Waals surface area contributed by atoms with Crippen molar-refractivity contribution >= 4 is 30.0 Å². The summed E-state index contributed by atoms with van der Waals surface area (Å²) < 4.78 is 5.68. The molecule has 1 heterocycles. The molecule has 2 aromatic carbocycles. The van der Waals surface area contributed by atoms with Crippen molar-refractivity contribution in [3.05, 3.63) is 70.7 Å². The maximum atomic E-state index is 13.0. The molecule has 1 aliphatic heterocycles. The molecule has 0 aliphatic carbocycles. The third kappa shape index (κ3) is 4.21. The van der Waals surface area contributed by atoms with Crippen LogP contribution in [0, 0.1) is 0 Å². The molecule has 2 aromatic rings. The lowest BCUT2D eigenvalue weighted by molar-refractivity contribution is -0.167. The number of nitrogens with zero attached hydrogens (tertiary/aromatic N) is 1. The van der Waals surface area contributed by atoms with Gasteiger partial charge < -0.3 is 9.84 Å². The minimum atomic E-state index is -1.86. The molecule has 1 aliphatic rings. The van der Waals surface area contributed by atoms with Gasteiger partial charge in [-0.15, -0.1) is 12.4 Å². The summed E-state index contributed by atoms with van der Waals surface area (Å²) in [6.45, 7) is 4.61. The van der Waals surface area contributed by atoms with E-state index in [2.05, 4.69) is 11.8 Å². The molecule has 0 saturated carbocycles. The van der Waals surface area contributed by atoms with E-state index >= 15 is 0 Å². The highest BCUT2D eigenvalue weighted by atomic mass is 35.5. The van der Waals surface area contributed by atoms with Crippen molar-refractivity contribution < 1.29 is 14.6 Å². The van der Waals surface area contributed by atoms with Gasteiger partial charge >= 0.3 is 5.97 Å². The number of aliphatic hydroxyl groups is 1. The van der Waals surface area contributed by atoms with E-state index in [9.17, 15) is 9.90 Å². The van der Waals surface area contributed by atoms with Crippen molar-refractivity contribution in [2.45, 2.75) is 25.0 Å². The number of likely N-dealkylation sites (N-methyl/N-ethyl adjacent to an activating group) is 1. The number of likely N-dealkylation sites (tertiary alicyclic amines) is 1. The van der Waals surface area contributed by atoms with Crippen molar-refractivity contribution in [3.63, 3.8) is 0 Å². The third-order valence-corrected chi connectivity index (χ3v) is 4.95. The molecule has 140 valence electrons. The maximum absolute atomic E-state index is 13.0. The highest BCUT2D eigenvalue weighted by Gasteiger charge is 2.43. The van der Waals surface area contributed by atoms with Gasteiger partial charge in [0.2, 0.25) is 5.60 Å². The third-order valence-electron chi connectivity index (χ3n) is 4.70. The summed E-state index contributed by atoms with van der Waals surface area (Å²) in [5, 5.41) is 11.9. The number of carbonyl (C=O) groups is 1. The fraction of sp³-hybridized carbons (Fsp3) is 0.350. The summed E-state index contributed by atoms with van der Waals surface area (Å²) >= 11 is 5.95. The van der Waals surface area contributed by atoms with Crippen LogP contribution in [0.3, 0.4) is 0 Å². The number of hydrogen-bond donors (Lipinski definition) is 1. The smallest absolute Gasteiger partial charge is 0.348 e. The quantitative estimate of drug-likeness (QED) is 0.785. The fourth-order valence-corrected chi connectivity index (χ4v) is 3.32. The molecule has 2 unspecified atom stereocenters. The van der Waals surface area contributed by atoms with Gasteiger partial charge in [0, 0.05) is 18.1 Å². The topological polar surface area (TPSA) is 49.8 Å². The molecule has 26 heavy (non-hydrogen) atoms. The average Bonchev–Trinajstić information content (AvgIpc) is 3.10. The van der Waals surface area contributed by atoms with Gasteiger partial charge in [0.1, 0.15) is 6.10 Å². The normalized spacial score (nSPS) is 19.4. The highest BCUT2D eigenvalue weighted by molar-refractivity contribution is 6.30. The lowest BCUT2D eigenvalue weighted by Crippen LogP contribution is -2.41. The predicted molar refractivity (Wildman–Crippen MR) is 105 cm³/mol. The minimum absolute atomic E-state index is 0. The van der Waals surface area contributed by atoms with E-state index in [1.54, 1.807) is 48.5 Å². The van der Waals surface area contributed by atoms with Gasteiger partial charge in [-0.3, -0.25) is 4.90 Å². The van der Waals surface area contributed by atoms with E-state index in [0.717, 1.165) is 19.5 Å². The average molecular weight is 396 g/mol. The van der Waals surface area contributed by atoms with Crippen molar-refractivity contribution in [1.82, 2.24) is 4.90 Å². The first-order valence-corrected chi connectivity index (χ1v) is 8.89. The largest absolute Gasteiger partial charge is 0.458 e. The van der Waals surface area contributed by atoms with Crippen LogP contribution in [0.1, 0.15) is 24.5 Å². The van der Waals surface area contributed by atoms with Crippen LogP contribution in [0.5, 0.6) is 0 Å². The predicted octanol–water partition coefficient (Wildman–Crippen LogP) is 3.64. The maximum Gasteiger partial charge on any atom is 0.348 e. The molecule has 2 atom stereocenters. The SMILES string of the molecule is CCN1CCC(OC(=O)C(O)(c2ccccc2)c2ccc(Cl)cc2)C1.Cl. The van der Waals surface area contributed by atoms with Crippen LogP contribution in [0.2, 0.25) is 5.02 Å². The van der Waals surface area contributed by atoms with Crippen LogP contribution < -0.4 is 0 Å². The lowest BCUT2D eigenvalue weighted by atomic mass is 9.86. The number of benzene rings is 2. The fourth-order valence-electron chi connectivity index (χ4n) is 3.19. The summed E-state index contributed by atoms with van der Waals surface area (Å²) in [6, 6.07) is 15.5. The van der Waals surface area contributed by atoms with Crippen LogP contribution in [0.4, 0.5) is 0 Å². The zero-order valence-electron chi connectivity index (χ0n) is 14.6. The second kappa shape index (κ2) is 8.87. The summed E-state index contributed by atoms with van der Waals surface area (Å²) in [6.07, 6.45) is 0.584. The first kappa shape index (κ1) is 20.7. The number of esters is 1. The van der Waals surface area contributed by atoms with E-state index in [-0.39, 0.29) is 18.5 Å². The second-order valence-electron chi connectivity index (χ2n) is 6.29. The molecular formula is C20H23Cl2NO3. The highest BCUT2D eigenvalue weighted by Crippen LogP contribution is 2.33. The monoisotopic (exact) mass is 395 g/mol. The summed E-state index contributed by atoms with van der Waals surface area (Å²) in [5.74, 6) is -0.649. The van der Waals surface area contributed by atoms with E-state index in [4.69, 9.17) is 16.3 Å². The van der Waals surface area contributed by atoms with E-state index in [1.807, 2.05) is 6.07 Å². The standard InChI is InChI=1S/C20H22ClNO3.ClH/c1-2-22-13-12-18(14-22)25-19(23)20(24,15-6-4-3-5-7-15)16-8-10-17(21)11-9-16;/h3-11,18,24H,2,12-14H2,1H3;1H. The van der Waals surface area contributed by atoms with Gasteiger partial charge in [-0.05, 0) is 36.2 Å². The van der Waals surface area contributed by atoms with Gasteiger partial charge in [-0.1, -0.05) is 61.0 Å². The Morgan fingerprint density at radius 2 is 1.81 bits per heavy atom. The first-order chi connectivity index (χ1) is 12.0. The van der Waals surface area contributed by atoms with Crippen LogP contribution in [-0.2, 0) is 15.1 Å². The zero-order valence-corrected chi connectivity index (χ0v) is 16.2. The van der Waals surface area contributed by atoms with E-state index in [1.165, 1.54) is 0 Å². The summed E-state index contributed by atoms with van der Waals surface area (Å²) in [4.78, 5) is 15.2. The van der Waals surface area contributed by atoms with Gasteiger partial charge in [0.25, 0.3) is 0 Å². The molecular weight excluding hydrogens is 373 g/mol. The Morgan fingerprint density at radius 3 is 2.38 bits per heavy atom. The first-order valence-electron chi connectivity index (χ1n) is 8.51. The molecule has 0 aromatic heterocycles. The van der Waals surface area contributed by atoms with E-state index < -0.39 is 11.6 Å². The molecule has 0 amide bonds. The van der Waals surface area contributed by atoms with Crippen molar-refractivity contribution in [1.29, 1.82) is 0 Å². The summed E-state index contributed by atoms with van der Waals surface area (Å²) in [5.41, 5.74) is -0.933. The number of rotatable bonds is 5. The second-order valence-corrected chi connectivity index (χ2v) is 6.73.